The largest absolute Gasteiger partial charge is 0.333 e. The Morgan fingerprint density at radius 2 is 1.42 bits per heavy atom. The first-order valence-electron chi connectivity index (χ1n) is 9.16. The molecule has 0 atom stereocenters. The van der Waals surface area contributed by atoms with Crippen LogP contribution in [0.15, 0.2) is 53.5 Å². The molecule has 0 fully saturated rings. The minimum Gasteiger partial charge on any atom is -0.333 e. The fraction of sp³-hybridized carbons (Fsp3) is 0.409. The predicted octanol–water partition coefficient (Wildman–Crippen LogP) is 5.23. The fourth-order valence-electron chi connectivity index (χ4n) is 4.37. The van der Waals surface area contributed by atoms with Crippen LogP contribution >= 0.6 is 0 Å². The third kappa shape index (κ3) is 2.24. The molecular formula is C22H25NO. The maximum atomic E-state index is 6.89. The highest BCUT2D eigenvalue weighted by Gasteiger charge is 2.50. The highest BCUT2D eigenvalue weighted by Crippen LogP contribution is 2.50. The van der Waals surface area contributed by atoms with Crippen LogP contribution in [-0.4, -0.2) is 11.8 Å². The zero-order chi connectivity index (χ0) is 16.6. The topological polar surface area (TPSA) is 21.6 Å². The number of benzene rings is 2. The van der Waals surface area contributed by atoms with Gasteiger partial charge in [0, 0.05) is 17.3 Å². The summed E-state index contributed by atoms with van der Waals surface area (Å²) in [6, 6.07) is 17.2. The smallest absolute Gasteiger partial charge is 0.212 e. The molecule has 2 aromatic carbocycles. The van der Waals surface area contributed by atoms with Crippen LogP contribution in [0, 0.1) is 0 Å². The Balaban J connectivity index is 1.88. The molecule has 0 aromatic heterocycles. The monoisotopic (exact) mass is 319 g/mol. The number of nitrogens with zero attached hydrogens (tertiary/aromatic N) is 1. The minimum absolute atomic E-state index is 0.235. The molecule has 0 bridgehead atoms. The van der Waals surface area contributed by atoms with Crippen molar-refractivity contribution in [2.24, 2.45) is 4.99 Å². The summed E-state index contributed by atoms with van der Waals surface area (Å²) in [5, 5.41) is 0. The third-order valence-electron chi connectivity index (χ3n) is 5.32. The fourth-order valence-corrected chi connectivity index (χ4v) is 4.37. The predicted molar refractivity (Wildman–Crippen MR) is 98.6 cm³/mol. The van der Waals surface area contributed by atoms with Crippen molar-refractivity contribution < 1.29 is 4.74 Å². The van der Waals surface area contributed by atoms with Crippen molar-refractivity contribution in [1.29, 1.82) is 0 Å². The van der Waals surface area contributed by atoms with E-state index in [2.05, 4.69) is 68.6 Å². The minimum atomic E-state index is -0.657. The normalized spacial score (nSPS) is 19.2. The molecule has 124 valence electrons. The molecule has 1 aliphatic heterocycles. The van der Waals surface area contributed by atoms with Gasteiger partial charge in [0.25, 0.3) is 0 Å². The highest BCUT2D eigenvalue weighted by atomic mass is 16.5. The van der Waals surface area contributed by atoms with E-state index in [1.54, 1.807) is 0 Å². The SMILES string of the molecule is CCCC1(CCC)C=NC2(O1)c1ccccc1Cc1ccccc12. The van der Waals surface area contributed by atoms with E-state index in [4.69, 9.17) is 9.73 Å². The van der Waals surface area contributed by atoms with E-state index < -0.39 is 5.72 Å². The van der Waals surface area contributed by atoms with Gasteiger partial charge >= 0.3 is 0 Å². The second-order valence-corrected chi connectivity index (χ2v) is 7.06. The number of hydrogen-bond acceptors (Lipinski definition) is 2. The van der Waals surface area contributed by atoms with Crippen molar-refractivity contribution in [1.82, 2.24) is 0 Å². The van der Waals surface area contributed by atoms with Gasteiger partial charge < -0.3 is 4.74 Å². The standard InChI is InChI=1S/C22H25NO/c1-3-13-21(14-4-2)16-23-22(24-21)19-11-7-5-9-17(19)15-18-10-6-8-12-20(18)22/h5-12,16H,3-4,13-15H2,1-2H3. The molecular weight excluding hydrogens is 294 g/mol. The Labute approximate surface area is 144 Å². The Morgan fingerprint density at radius 3 is 1.96 bits per heavy atom. The summed E-state index contributed by atoms with van der Waals surface area (Å²) in [5.41, 5.74) is 4.20. The molecule has 0 radical (unpaired) electrons. The van der Waals surface area contributed by atoms with Crippen molar-refractivity contribution in [2.75, 3.05) is 0 Å². The molecule has 2 aliphatic rings. The van der Waals surface area contributed by atoms with Gasteiger partial charge in [0.05, 0.1) is 0 Å². The summed E-state index contributed by atoms with van der Waals surface area (Å²) >= 11 is 0. The molecule has 2 aromatic rings. The third-order valence-corrected chi connectivity index (χ3v) is 5.32. The van der Waals surface area contributed by atoms with Gasteiger partial charge in [-0.05, 0) is 30.4 Å². The summed E-state index contributed by atoms with van der Waals surface area (Å²) in [6.45, 7) is 4.45. The maximum Gasteiger partial charge on any atom is 0.212 e. The first-order valence-corrected chi connectivity index (χ1v) is 9.16. The maximum absolute atomic E-state index is 6.89. The van der Waals surface area contributed by atoms with Crippen LogP contribution in [0.25, 0.3) is 0 Å². The number of rotatable bonds is 4. The molecule has 0 N–H and O–H groups in total. The molecule has 0 unspecified atom stereocenters. The number of fused-ring (bicyclic) bond motifs is 4. The van der Waals surface area contributed by atoms with E-state index in [0.29, 0.717) is 0 Å². The molecule has 24 heavy (non-hydrogen) atoms. The Hall–Kier alpha value is -1.93. The van der Waals surface area contributed by atoms with Crippen LogP contribution in [0.4, 0.5) is 0 Å². The van der Waals surface area contributed by atoms with Gasteiger partial charge in [0.2, 0.25) is 5.72 Å². The molecule has 2 heteroatoms. The Morgan fingerprint density at radius 1 is 0.875 bits per heavy atom. The summed E-state index contributed by atoms with van der Waals surface area (Å²) in [6.07, 6.45) is 7.32. The average Bonchev–Trinajstić information content (AvgIpc) is 2.96. The zero-order valence-corrected chi connectivity index (χ0v) is 14.6. The molecule has 1 aliphatic carbocycles. The molecule has 1 heterocycles. The van der Waals surface area contributed by atoms with Crippen LogP contribution in [0.3, 0.4) is 0 Å². The molecule has 2 nitrogen and oxygen atoms in total. The Bertz CT molecular complexity index is 726. The van der Waals surface area contributed by atoms with Crippen LogP contribution in [-0.2, 0) is 16.9 Å². The highest BCUT2D eigenvalue weighted by molar-refractivity contribution is 5.73. The lowest BCUT2D eigenvalue weighted by molar-refractivity contribution is -0.0876. The summed E-state index contributed by atoms with van der Waals surface area (Å²) < 4.78 is 6.89. The van der Waals surface area contributed by atoms with Crippen molar-refractivity contribution in [3.8, 4) is 0 Å². The van der Waals surface area contributed by atoms with E-state index >= 15 is 0 Å². The second kappa shape index (κ2) is 5.86. The molecule has 0 amide bonds. The van der Waals surface area contributed by atoms with Gasteiger partial charge in [-0.15, -0.1) is 0 Å². The van der Waals surface area contributed by atoms with Gasteiger partial charge in [-0.1, -0.05) is 75.2 Å². The second-order valence-electron chi connectivity index (χ2n) is 7.06. The van der Waals surface area contributed by atoms with E-state index in [1.165, 1.54) is 22.3 Å². The van der Waals surface area contributed by atoms with Crippen molar-refractivity contribution in [2.45, 2.75) is 57.3 Å². The summed E-state index contributed by atoms with van der Waals surface area (Å²) in [4.78, 5) is 5.05. The molecule has 4 rings (SSSR count). The van der Waals surface area contributed by atoms with Crippen LogP contribution in [0.2, 0.25) is 0 Å². The van der Waals surface area contributed by atoms with Crippen molar-refractivity contribution in [3.63, 3.8) is 0 Å². The van der Waals surface area contributed by atoms with Crippen molar-refractivity contribution in [3.05, 3.63) is 70.8 Å². The molecule has 0 saturated carbocycles. The van der Waals surface area contributed by atoms with E-state index in [9.17, 15) is 0 Å². The first kappa shape index (κ1) is 15.6. The van der Waals surface area contributed by atoms with Gasteiger partial charge in [-0.2, -0.15) is 0 Å². The van der Waals surface area contributed by atoms with Crippen LogP contribution in [0.5, 0.6) is 0 Å². The summed E-state index contributed by atoms with van der Waals surface area (Å²) in [7, 11) is 0. The number of hydrogen-bond donors (Lipinski definition) is 0. The van der Waals surface area contributed by atoms with Gasteiger partial charge in [0.1, 0.15) is 5.60 Å². The van der Waals surface area contributed by atoms with Crippen molar-refractivity contribution >= 4 is 6.21 Å². The van der Waals surface area contributed by atoms with Gasteiger partial charge in [-0.25, -0.2) is 0 Å². The average molecular weight is 319 g/mol. The summed E-state index contributed by atoms with van der Waals surface area (Å²) in [5.74, 6) is 0. The Kier molecular flexibility index (Phi) is 3.80. The number of aliphatic imine (C=N–C) groups is 1. The van der Waals surface area contributed by atoms with E-state index in [0.717, 1.165) is 32.1 Å². The first-order chi connectivity index (χ1) is 11.7. The lowest BCUT2D eigenvalue weighted by Crippen LogP contribution is -2.40. The van der Waals surface area contributed by atoms with E-state index in [-0.39, 0.29) is 5.60 Å². The zero-order valence-electron chi connectivity index (χ0n) is 14.6. The van der Waals surface area contributed by atoms with E-state index in [1.807, 2.05) is 0 Å². The number of ether oxygens (including phenoxy) is 1. The molecule has 1 spiro atoms. The van der Waals surface area contributed by atoms with Crippen LogP contribution in [0.1, 0.15) is 61.8 Å². The lowest BCUT2D eigenvalue weighted by Gasteiger charge is -2.39. The lowest BCUT2D eigenvalue weighted by atomic mass is 9.80. The van der Waals surface area contributed by atoms with Gasteiger partial charge in [0.15, 0.2) is 0 Å². The van der Waals surface area contributed by atoms with Gasteiger partial charge in [-0.3, -0.25) is 4.99 Å². The van der Waals surface area contributed by atoms with Crippen LogP contribution < -0.4 is 0 Å². The quantitative estimate of drug-likeness (QED) is 0.756. The molecule has 0 saturated heterocycles.